The van der Waals surface area contributed by atoms with Gasteiger partial charge in [0.05, 0.1) is 12.1 Å². The minimum atomic E-state index is -0.656. The van der Waals surface area contributed by atoms with E-state index in [4.69, 9.17) is 21.1 Å². The van der Waals surface area contributed by atoms with Gasteiger partial charge in [0, 0.05) is 13.1 Å². The van der Waals surface area contributed by atoms with Crippen LogP contribution < -0.4 is 14.8 Å². The number of hydrogen-bond acceptors (Lipinski definition) is 4. The van der Waals surface area contributed by atoms with Gasteiger partial charge < -0.3 is 19.7 Å². The van der Waals surface area contributed by atoms with Gasteiger partial charge in [-0.1, -0.05) is 49.7 Å². The van der Waals surface area contributed by atoms with Crippen LogP contribution in [-0.4, -0.2) is 43.0 Å². The molecule has 2 aromatic rings. The van der Waals surface area contributed by atoms with E-state index in [9.17, 15) is 9.59 Å². The number of nitrogens with one attached hydrogen (secondary N) is 1. The monoisotopic (exact) mass is 446 g/mol. The van der Waals surface area contributed by atoms with Crippen LogP contribution in [0.25, 0.3) is 0 Å². The van der Waals surface area contributed by atoms with Crippen LogP contribution in [0.1, 0.15) is 32.8 Å². The smallest absolute Gasteiger partial charge is 0.261 e. The van der Waals surface area contributed by atoms with Crippen LogP contribution in [0.4, 0.5) is 0 Å². The van der Waals surface area contributed by atoms with Crippen molar-refractivity contribution in [3.05, 3.63) is 59.1 Å². The molecule has 2 aromatic carbocycles. The quantitative estimate of drug-likeness (QED) is 0.558. The number of benzene rings is 2. The number of ether oxygens (including phenoxy) is 2. The first kappa shape index (κ1) is 24.5. The molecule has 2 amide bonds. The topological polar surface area (TPSA) is 67.9 Å². The number of amides is 2. The molecule has 2 rings (SSSR count). The van der Waals surface area contributed by atoms with Gasteiger partial charge in [-0.05, 0) is 49.1 Å². The van der Waals surface area contributed by atoms with E-state index in [-0.39, 0.29) is 25.0 Å². The summed E-state index contributed by atoms with van der Waals surface area (Å²) in [6, 6.07) is 13.7. The summed E-state index contributed by atoms with van der Waals surface area (Å²) < 4.78 is 10.8. The number of nitrogens with zero attached hydrogens (tertiary/aromatic N) is 1. The molecule has 0 heterocycles. The predicted octanol–water partition coefficient (Wildman–Crippen LogP) is 4.31. The van der Waals surface area contributed by atoms with Gasteiger partial charge in [-0.2, -0.15) is 0 Å². The van der Waals surface area contributed by atoms with Gasteiger partial charge in [-0.3, -0.25) is 9.59 Å². The van der Waals surface area contributed by atoms with Crippen LogP contribution in [0.2, 0.25) is 5.02 Å². The number of rotatable bonds is 11. The van der Waals surface area contributed by atoms with E-state index in [1.165, 1.54) is 4.90 Å². The summed E-state index contributed by atoms with van der Waals surface area (Å²) in [5.41, 5.74) is 0.883. The molecule has 0 bridgehead atoms. The molecule has 31 heavy (non-hydrogen) atoms. The van der Waals surface area contributed by atoms with Crippen molar-refractivity contribution in [3.8, 4) is 11.5 Å². The summed E-state index contributed by atoms with van der Waals surface area (Å²) in [6.45, 7) is 6.54. The number of methoxy groups -OCH3 is 1. The summed E-state index contributed by atoms with van der Waals surface area (Å²) >= 11 is 6.12. The van der Waals surface area contributed by atoms with E-state index >= 15 is 0 Å². The van der Waals surface area contributed by atoms with Crippen LogP contribution in [0.5, 0.6) is 11.5 Å². The molecule has 0 aromatic heterocycles. The van der Waals surface area contributed by atoms with Crippen LogP contribution in [0.15, 0.2) is 48.5 Å². The van der Waals surface area contributed by atoms with Crippen molar-refractivity contribution in [2.45, 2.75) is 39.8 Å². The third kappa shape index (κ3) is 7.79. The highest BCUT2D eigenvalue weighted by Gasteiger charge is 2.26. The predicted molar refractivity (Wildman–Crippen MR) is 122 cm³/mol. The SMILES string of the molecule is COc1ccc(CN(C(=O)COc2ccccc2Cl)[C@H](C)C(=O)NCCC(C)C)cc1. The molecule has 6 nitrogen and oxygen atoms in total. The summed E-state index contributed by atoms with van der Waals surface area (Å²) in [6.07, 6.45) is 0.875. The lowest BCUT2D eigenvalue weighted by Crippen LogP contribution is -2.49. The number of para-hydroxylation sites is 1. The van der Waals surface area contributed by atoms with Gasteiger partial charge in [0.2, 0.25) is 5.91 Å². The lowest BCUT2D eigenvalue weighted by molar-refractivity contribution is -0.142. The summed E-state index contributed by atoms with van der Waals surface area (Å²) in [5, 5.41) is 3.35. The minimum Gasteiger partial charge on any atom is -0.497 e. The molecule has 0 saturated carbocycles. The van der Waals surface area contributed by atoms with Crippen LogP contribution in [0, 0.1) is 5.92 Å². The molecule has 0 aliphatic rings. The molecule has 168 valence electrons. The van der Waals surface area contributed by atoms with Crippen molar-refractivity contribution in [1.82, 2.24) is 10.2 Å². The Morgan fingerprint density at radius 3 is 2.35 bits per heavy atom. The average Bonchev–Trinajstić information content (AvgIpc) is 2.76. The molecule has 0 spiro atoms. The Balaban J connectivity index is 2.11. The first-order valence-electron chi connectivity index (χ1n) is 10.4. The molecular weight excluding hydrogens is 416 g/mol. The van der Waals surface area contributed by atoms with E-state index in [0.717, 1.165) is 17.7 Å². The molecular formula is C24H31ClN2O4. The van der Waals surface area contributed by atoms with Crippen LogP contribution in [0.3, 0.4) is 0 Å². The summed E-state index contributed by atoms with van der Waals surface area (Å²) in [7, 11) is 1.60. The fraction of sp³-hybridized carbons (Fsp3) is 0.417. The van der Waals surface area contributed by atoms with Crippen molar-refractivity contribution in [2.24, 2.45) is 5.92 Å². The zero-order valence-electron chi connectivity index (χ0n) is 18.6. The Bertz CT molecular complexity index is 855. The van der Waals surface area contributed by atoms with Crippen molar-refractivity contribution in [2.75, 3.05) is 20.3 Å². The van der Waals surface area contributed by atoms with Gasteiger partial charge in [0.15, 0.2) is 6.61 Å². The fourth-order valence-corrected chi connectivity index (χ4v) is 3.12. The van der Waals surface area contributed by atoms with E-state index in [2.05, 4.69) is 19.2 Å². The highest BCUT2D eigenvalue weighted by Crippen LogP contribution is 2.23. The van der Waals surface area contributed by atoms with E-state index in [0.29, 0.717) is 23.2 Å². The first-order chi connectivity index (χ1) is 14.8. The Hall–Kier alpha value is -2.73. The molecule has 0 radical (unpaired) electrons. The third-order valence-electron chi connectivity index (χ3n) is 4.89. The number of hydrogen-bond donors (Lipinski definition) is 1. The molecule has 0 aliphatic carbocycles. The Kier molecular flexibility index (Phi) is 9.66. The molecule has 0 saturated heterocycles. The second-order valence-corrected chi connectivity index (χ2v) is 8.15. The highest BCUT2D eigenvalue weighted by atomic mass is 35.5. The van der Waals surface area contributed by atoms with Gasteiger partial charge in [-0.15, -0.1) is 0 Å². The van der Waals surface area contributed by atoms with Gasteiger partial charge in [-0.25, -0.2) is 0 Å². The minimum absolute atomic E-state index is 0.194. The normalized spacial score (nSPS) is 11.7. The van der Waals surface area contributed by atoms with Gasteiger partial charge in [0.1, 0.15) is 17.5 Å². The maximum absolute atomic E-state index is 13.0. The number of halogens is 1. The van der Waals surface area contributed by atoms with Gasteiger partial charge in [0.25, 0.3) is 5.91 Å². The lowest BCUT2D eigenvalue weighted by atomic mass is 10.1. The van der Waals surface area contributed by atoms with E-state index in [1.807, 2.05) is 24.3 Å². The van der Waals surface area contributed by atoms with Crippen molar-refractivity contribution in [1.29, 1.82) is 0 Å². The molecule has 0 fully saturated rings. The first-order valence-corrected chi connectivity index (χ1v) is 10.8. The van der Waals surface area contributed by atoms with Crippen LogP contribution in [-0.2, 0) is 16.1 Å². The maximum atomic E-state index is 13.0. The Morgan fingerprint density at radius 1 is 1.06 bits per heavy atom. The largest absolute Gasteiger partial charge is 0.497 e. The zero-order chi connectivity index (χ0) is 22.8. The molecule has 1 N–H and O–H groups in total. The Labute approximate surface area is 189 Å². The second kappa shape index (κ2) is 12.2. The number of carbonyl (C=O) groups is 2. The maximum Gasteiger partial charge on any atom is 0.261 e. The van der Waals surface area contributed by atoms with Crippen molar-refractivity contribution in [3.63, 3.8) is 0 Å². The van der Waals surface area contributed by atoms with Crippen LogP contribution >= 0.6 is 11.6 Å². The molecule has 1 atom stereocenters. The van der Waals surface area contributed by atoms with Crippen molar-refractivity contribution >= 4 is 23.4 Å². The summed E-state index contributed by atoms with van der Waals surface area (Å²) in [4.78, 5) is 27.3. The molecule has 7 heteroatoms. The fourth-order valence-electron chi connectivity index (χ4n) is 2.93. The molecule has 0 unspecified atom stereocenters. The van der Waals surface area contributed by atoms with E-state index in [1.54, 1.807) is 38.3 Å². The van der Waals surface area contributed by atoms with E-state index < -0.39 is 6.04 Å². The Morgan fingerprint density at radius 2 is 1.74 bits per heavy atom. The van der Waals surface area contributed by atoms with Crippen molar-refractivity contribution < 1.29 is 19.1 Å². The molecule has 0 aliphatic heterocycles. The summed E-state index contributed by atoms with van der Waals surface area (Å²) in [5.74, 6) is 1.14. The zero-order valence-corrected chi connectivity index (χ0v) is 19.3. The standard InChI is InChI=1S/C24H31ClN2O4/c1-17(2)13-14-26-24(29)18(3)27(15-19-9-11-20(30-4)12-10-19)23(28)16-31-22-8-6-5-7-21(22)25/h5-12,17-18H,13-16H2,1-4H3,(H,26,29)/t18-/m1/s1. The lowest BCUT2D eigenvalue weighted by Gasteiger charge is -2.29. The van der Waals surface area contributed by atoms with Gasteiger partial charge >= 0.3 is 0 Å². The average molecular weight is 447 g/mol. The third-order valence-corrected chi connectivity index (χ3v) is 5.20. The second-order valence-electron chi connectivity index (χ2n) is 7.74. The highest BCUT2D eigenvalue weighted by molar-refractivity contribution is 6.32. The number of carbonyl (C=O) groups excluding carboxylic acids is 2.